The molecule has 1 N–H and O–H groups in total. The summed E-state index contributed by atoms with van der Waals surface area (Å²) in [4.78, 5) is 23.5. The zero-order chi connectivity index (χ0) is 18.8. The number of rotatable bonds is 8. The Morgan fingerprint density at radius 1 is 1.04 bits per heavy atom. The van der Waals surface area contributed by atoms with Crippen molar-refractivity contribution < 1.29 is 23.8 Å². The molecule has 26 heavy (non-hydrogen) atoms. The van der Waals surface area contributed by atoms with Gasteiger partial charge in [-0.05, 0) is 29.8 Å². The molecule has 6 nitrogen and oxygen atoms in total. The maximum Gasteiger partial charge on any atom is 0.331 e. The van der Waals surface area contributed by atoms with Crippen LogP contribution in [0.3, 0.4) is 0 Å². The Kier molecular flexibility index (Phi) is 7.24. The minimum absolute atomic E-state index is 0.292. The van der Waals surface area contributed by atoms with Crippen molar-refractivity contribution in [2.24, 2.45) is 0 Å². The summed E-state index contributed by atoms with van der Waals surface area (Å²) in [6.07, 6.45) is 2.86. The SMILES string of the molecule is COc1cccc(/C=C/C(=O)OCC(=O)NCc2ccccc2OC)c1. The van der Waals surface area contributed by atoms with E-state index in [2.05, 4.69) is 5.32 Å². The predicted octanol–water partition coefficient (Wildman–Crippen LogP) is 2.58. The third kappa shape index (κ3) is 5.98. The van der Waals surface area contributed by atoms with Crippen LogP contribution in [0, 0.1) is 0 Å². The van der Waals surface area contributed by atoms with Crippen LogP contribution in [0.5, 0.6) is 11.5 Å². The Hall–Kier alpha value is -3.28. The average molecular weight is 355 g/mol. The van der Waals surface area contributed by atoms with Crippen LogP contribution >= 0.6 is 0 Å². The third-order valence-electron chi connectivity index (χ3n) is 3.52. The van der Waals surface area contributed by atoms with E-state index in [1.165, 1.54) is 6.08 Å². The summed E-state index contributed by atoms with van der Waals surface area (Å²) in [5, 5.41) is 2.68. The summed E-state index contributed by atoms with van der Waals surface area (Å²) in [6.45, 7) is -0.0590. The lowest BCUT2D eigenvalue weighted by atomic mass is 10.2. The van der Waals surface area contributed by atoms with Crippen LogP contribution in [0.4, 0.5) is 0 Å². The van der Waals surface area contributed by atoms with E-state index in [-0.39, 0.29) is 12.5 Å². The van der Waals surface area contributed by atoms with Crippen molar-refractivity contribution in [1.82, 2.24) is 5.32 Å². The molecule has 1 amide bonds. The lowest BCUT2D eigenvalue weighted by Crippen LogP contribution is -2.28. The number of esters is 1. The molecular weight excluding hydrogens is 334 g/mol. The topological polar surface area (TPSA) is 73.9 Å². The second-order valence-electron chi connectivity index (χ2n) is 5.31. The maximum atomic E-state index is 11.8. The van der Waals surface area contributed by atoms with Crippen molar-refractivity contribution >= 4 is 18.0 Å². The number of carbonyl (C=O) groups excluding carboxylic acids is 2. The van der Waals surface area contributed by atoms with Gasteiger partial charge in [0.05, 0.1) is 14.2 Å². The summed E-state index contributed by atoms with van der Waals surface area (Å²) in [5.41, 5.74) is 1.63. The Bertz CT molecular complexity index is 785. The van der Waals surface area contributed by atoms with Crippen molar-refractivity contribution in [3.05, 3.63) is 65.7 Å². The molecule has 0 spiro atoms. The molecule has 0 aliphatic rings. The van der Waals surface area contributed by atoms with Gasteiger partial charge in [-0.3, -0.25) is 4.79 Å². The van der Waals surface area contributed by atoms with Crippen molar-refractivity contribution in [2.45, 2.75) is 6.54 Å². The van der Waals surface area contributed by atoms with E-state index in [4.69, 9.17) is 14.2 Å². The van der Waals surface area contributed by atoms with E-state index in [0.29, 0.717) is 18.0 Å². The summed E-state index contributed by atoms with van der Waals surface area (Å²) < 4.78 is 15.2. The van der Waals surface area contributed by atoms with E-state index in [9.17, 15) is 9.59 Å². The Labute approximate surface area is 152 Å². The molecule has 136 valence electrons. The first kappa shape index (κ1) is 19.1. The molecule has 2 aromatic rings. The number of methoxy groups -OCH3 is 2. The number of hydrogen-bond donors (Lipinski definition) is 1. The number of nitrogens with one attached hydrogen (secondary N) is 1. The molecule has 0 fully saturated rings. The molecule has 0 heterocycles. The highest BCUT2D eigenvalue weighted by Gasteiger charge is 2.07. The zero-order valence-corrected chi connectivity index (χ0v) is 14.7. The smallest absolute Gasteiger partial charge is 0.331 e. The fourth-order valence-corrected chi connectivity index (χ4v) is 2.19. The minimum Gasteiger partial charge on any atom is -0.497 e. The van der Waals surface area contributed by atoms with Gasteiger partial charge in [-0.2, -0.15) is 0 Å². The van der Waals surface area contributed by atoms with Gasteiger partial charge >= 0.3 is 5.97 Å². The van der Waals surface area contributed by atoms with Crippen LogP contribution in [0.15, 0.2) is 54.6 Å². The number of hydrogen-bond acceptors (Lipinski definition) is 5. The van der Waals surface area contributed by atoms with Gasteiger partial charge in [0.1, 0.15) is 11.5 Å². The molecule has 0 aliphatic carbocycles. The predicted molar refractivity (Wildman–Crippen MR) is 97.8 cm³/mol. The highest BCUT2D eigenvalue weighted by atomic mass is 16.5. The van der Waals surface area contributed by atoms with Crippen molar-refractivity contribution in [2.75, 3.05) is 20.8 Å². The third-order valence-corrected chi connectivity index (χ3v) is 3.52. The second-order valence-corrected chi connectivity index (χ2v) is 5.31. The molecule has 6 heteroatoms. The van der Waals surface area contributed by atoms with Crippen LogP contribution in [0.2, 0.25) is 0 Å². The van der Waals surface area contributed by atoms with Crippen molar-refractivity contribution in [3.8, 4) is 11.5 Å². The van der Waals surface area contributed by atoms with E-state index in [1.54, 1.807) is 26.4 Å². The Morgan fingerprint density at radius 3 is 2.62 bits per heavy atom. The molecule has 2 aromatic carbocycles. The van der Waals surface area contributed by atoms with Crippen LogP contribution < -0.4 is 14.8 Å². The molecule has 0 radical (unpaired) electrons. The molecule has 0 aromatic heterocycles. The van der Waals surface area contributed by atoms with Gasteiger partial charge in [0.15, 0.2) is 6.61 Å². The molecule has 0 bridgehead atoms. The van der Waals surface area contributed by atoms with Crippen molar-refractivity contribution in [3.63, 3.8) is 0 Å². The first-order chi connectivity index (χ1) is 12.6. The number of ether oxygens (including phenoxy) is 3. The summed E-state index contributed by atoms with van der Waals surface area (Å²) in [7, 11) is 3.14. The van der Waals surface area contributed by atoms with E-state index < -0.39 is 5.97 Å². The highest BCUT2D eigenvalue weighted by molar-refractivity contribution is 5.89. The van der Waals surface area contributed by atoms with E-state index in [0.717, 1.165) is 11.1 Å². The molecule has 0 saturated heterocycles. The molecular formula is C20H21NO5. The standard InChI is InChI=1S/C20H21NO5/c1-24-17-8-5-6-15(12-17)10-11-20(23)26-14-19(22)21-13-16-7-3-4-9-18(16)25-2/h3-12H,13-14H2,1-2H3,(H,21,22)/b11-10+. The lowest BCUT2D eigenvalue weighted by Gasteiger charge is -2.09. The van der Waals surface area contributed by atoms with Crippen LogP contribution in [0.25, 0.3) is 6.08 Å². The fourth-order valence-electron chi connectivity index (χ4n) is 2.19. The van der Waals surface area contributed by atoms with Gasteiger partial charge in [-0.25, -0.2) is 4.79 Å². The second kappa shape index (κ2) is 9.88. The molecule has 0 aliphatic heterocycles. The largest absolute Gasteiger partial charge is 0.497 e. The van der Waals surface area contributed by atoms with E-state index >= 15 is 0 Å². The van der Waals surface area contributed by atoms with Gasteiger partial charge in [0.25, 0.3) is 5.91 Å². The minimum atomic E-state index is -0.597. The number of carbonyl (C=O) groups is 2. The monoisotopic (exact) mass is 355 g/mol. The quantitative estimate of drug-likeness (QED) is 0.582. The average Bonchev–Trinajstić information content (AvgIpc) is 2.69. The zero-order valence-electron chi connectivity index (χ0n) is 14.7. The van der Waals surface area contributed by atoms with Gasteiger partial charge < -0.3 is 19.5 Å². The number of amides is 1. The lowest BCUT2D eigenvalue weighted by molar-refractivity contribution is -0.143. The summed E-state index contributed by atoms with van der Waals surface area (Å²) in [5.74, 6) is 0.390. The number of para-hydroxylation sites is 1. The van der Waals surface area contributed by atoms with Crippen molar-refractivity contribution in [1.29, 1.82) is 0 Å². The first-order valence-electron chi connectivity index (χ1n) is 8.00. The fraction of sp³-hybridized carbons (Fsp3) is 0.200. The van der Waals surface area contributed by atoms with E-state index in [1.807, 2.05) is 42.5 Å². The van der Waals surface area contributed by atoms with Gasteiger partial charge in [-0.15, -0.1) is 0 Å². The summed E-state index contributed by atoms with van der Waals surface area (Å²) in [6, 6.07) is 14.6. The van der Waals surface area contributed by atoms with Gasteiger partial charge in [0.2, 0.25) is 0 Å². The highest BCUT2D eigenvalue weighted by Crippen LogP contribution is 2.16. The normalized spacial score (nSPS) is 10.4. The first-order valence-corrected chi connectivity index (χ1v) is 8.00. The molecule has 0 atom stereocenters. The maximum absolute atomic E-state index is 11.8. The van der Waals surface area contributed by atoms with Crippen LogP contribution in [-0.4, -0.2) is 32.7 Å². The Balaban J connectivity index is 1.77. The van der Waals surface area contributed by atoms with Crippen LogP contribution in [0.1, 0.15) is 11.1 Å². The molecule has 0 saturated carbocycles. The number of benzene rings is 2. The Morgan fingerprint density at radius 2 is 1.85 bits per heavy atom. The van der Waals surface area contributed by atoms with Gasteiger partial charge in [0, 0.05) is 18.2 Å². The van der Waals surface area contributed by atoms with Gasteiger partial charge in [-0.1, -0.05) is 30.3 Å². The molecule has 0 unspecified atom stereocenters. The summed E-state index contributed by atoms with van der Waals surface area (Å²) >= 11 is 0. The van der Waals surface area contributed by atoms with Crippen LogP contribution in [-0.2, 0) is 20.9 Å². The molecule has 2 rings (SSSR count).